The number of rotatable bonds is 3. The van der Waals surface area contributed by atoms with Crippen LogP contribution in [0.2, 0.25) is 0 Å². The molecule has 5 aromatic rings. The second-order valence-corrected chi connectivity index (χ2v) is 8.76. The van der Waals surface area contributed by atoms with Gasteiger partial charge < -0.3 is 0 Å². The van der Waals surface area contributed by atoms with E-state index in [0.29, 0.717) is 0 Å². The van der Waals surface area contributed by atoms with Crippen LogP contribution in [0.3, 0.4) is 0 Å². The zero-order valence-corrected chi connectivity index (χ0v) is 18.2. The van der Waals surface area contributed by atoms with Crippen LogP contribution in [0.15, 0.2) is 109 Å². The van der Waals surface area contributed by atoms with Crippen LogP contribution < -0.4 is 0 Å². The van der Waals surface area contributed by atoms with E-state index in [2.05, 4.69) is 109 Å². The molecule has 0 radical (unpaired) electrons. The van der Waals surface area contributed by atoms with Gasteiger partial charge in [0, 0.05) is 0 Å². The smallest absolute Gasteiger partial charge is 0.00262 e. The Labute approximate surface area is 189 Å². The van der Waals surface area contributed by atoms with Crippen molar-refractivity contribution >= 4 is 27.1 Å². The van der Waals surface area contributed by atoms with Gasteiger partial charge >= 0.3 is 0 Å². The topological polar surface area (TPSA) is 0 Å². The fourth-order valence-electron chi connectivity index (χ4n) is 5.31. The maximum absolute atomic E-state index is 2.45. The Bertz CT molecular complexity index is 1440. The molecule has 0 saturated carbocycles. The molecule has 0 bridgehead atoms. The van der Waals surface area contributed by atoms with E-state index in [9.17, 15) is 0 Å². The fourth-order valence-corrected chi connectivity index (χ4v) is 5.31. The van der Waals surface area contributed by atoms with Crippen LogP contribution in [-0.2, 0) is 0 Å². The number of allylic oxidation sites excluding steroid dienone is 2. The van der Waals surface area contributed by atoms with Gasteiger partial charge in [-0.15, -0.1) is 0 Å². The Morgan fingerprint density at radius 1 is 0.438 bits per heavy atom. The van der Waals surface area contributed by atoms with Crippen molar-refractivity contribution in [1.29, 1.82) is 0 Å². The zero-order valence-electron chi connectivity index (χ0n) is 18.2. The monoisotopic (exact) mass is 410 g/mol. The van der Waals surface area contributed by atoms with E-state index in [0.717, 1.165) is 0 Å². The molecule has 0 heterocycles. The van der Waals surface area contributed by atoms with E-state index in [-0.39, 0.29) is 0 Å². The molecule has 0 aliphatic heterocycles. The molecule has 0 heteroatoms. The highest BCUT2D eigenvalue weighted by atomic mass is 14.2. The largest absolute Gasteiger partial charge is 0.0807 e. The maximum atomic E-state index is 2.45. The van der Waals surface area contributed by atoms with E-state index in [1.54, 1.807) is 0 Å². The minimum absolute atomic E-state index is 1.19. The number of hydrogen-bond acceptors (Lipinski definition) is 0. The van der Waals surface area contributed by atoms with Gasteiger partial charge in [-0.25, -0.2) is 0 Å². The van der Waals surface area contributed by atoms with E-state index >= 15 is 0 Å². The third kappa shape index (κ3) is 3.24. The molecule has 0 unspecified atom stereocenters. The lowest BCUT2D eigenvalue weighted by Gasteiger charge is -2.20. The first kappa shape index (κ1) is 19.1. The van der Waals surface area contributed by atoms with Gasteiger partial charge in [-0.1, -0.05) is 103 Å². The molecular weight excluding hydrogens is 384 g/mol. The summed E-state index contributed by atoms with van der Waals surface area (Å²) in [7, 11) is 0. The molecule has 0 N–H and O–H groups in total. The molecule has 0 nitrogen and oxygen atoms in total. The summed E-state index contributed by atoms with van der Waals surface area (Å²) in [4.78, 5) is 0. The Morgan fingerprint density at radius 2 is 1.00 bits per heavy atom. The second-order valence-electron chi connectivity index (χ2n) is 8.76. The van der Waals surface area contributed by atoms with Crippen molar-refractivity contribution in [3.63, 3.8) is 0 Å². The third-order valence-corrected chi connectivity index (χ3v) is 6.81. The quantitative estimate of drug-likeness (QED) is 0.260. The van der Waals surface area contributed by atoms with Gasteiger partial charge in [0.15, 0.2) is 0 Å². The molecule has 0 fully saturated rings. The van der Waals surface area contributed by atoms with Crippen LogP contribution in [-0.4, -0.2) is 0 Å². The highest BCUT2D eigenvalue weighted by molar-refractivity contribution is 6.21. The Hall–Kier alpha value is -3.64. The summed E-state index contributed by atoms with van der Waals surface area (Å²) in [6, 6.07) is 37.8. The maximum Gasteiger partial charge on any atom is -0.00262 e. The predicted octanol–water partition coefficient (Wildman–Crippen LogP) is 9.28. The standard InChI is InChI=1S/C32H26/c1-4-12-23(13-5-1)26-20-21-29-30(22-26)32(25-16-8-3-9-17-25)28-19-11-10-18-27(28)31(29)24-14-6-2-7-15-24/h2-3,6-12,14-22H,1,4-5,13H2. The highest BCUT2D eigenvalue weighted by Gasteiger charge is 2.17. The molecular formula is C32H26. The van der Waals surface area contributed by atoms with Gasteiger partial charge in [-0.3, -0.25) is 0 Å². The van der Waals surface area contributed by atoms with Crippen molar-refractivity contribution < 1.29 is 0 Å². The molecule has 0 spiro atoms. The van der Waals surface area contributed by atoms with E-state index < -0.39 is 0 Å². The lowest BCUT2D eigenvalue weighted by molar-refractivity contribution is 0.742. The minimum Gasteiger partial charge on any atom is -0.0807 e. The van der Waals surface area contributed by atoms with Crippen molar-refractivity contribution in [1.82, 2.24) is 0 Å². The molecule has 1 aliphatic carbocycles. The van der Waals surface area contributed by atoms with E-state index in [1.165, 1.54) is 80.6 Å². The molecule has 0 amide bonds. The molecule has 5 aromatic carbocycles. The SMILES string of the molecule is C1=C(c2ccc3c(-c4ccccc4)c4ccccc4c(-c4ccccc4)c3c2)CCCC1. The molecule has 0 aromatic heterocycles. The molecule has 0 atom stereocenters. The molecule has 154 valence electrons. The first-order chi connectivity index (χ1) is 15.9. The summed E-state index contributed by atoms with van der Waals surface area (Å²) in [5.41, 5.74) is 8.12. The van der Waals surface area contributed by atoms with Crippen LogP contribution in [0, 0.1) is 0 Å². The Kier molecular flexibility index (Phi) is 4.85. The highest BCUT2D eigenvalue weighted by Crippen LogP contribution is 2.44. The Morgan fingerprint density at radius 3 is 1.59 bits per heavy atom. The van der Waals surface area contributed by atoms with Gasteiger partial charge in [-0.2, -0.15) is 0 Å². The zero-order chi connectivity index (χ0) is 21.3. The van der Waals surface area contributed by atoms with Crippen molar-refractivity contribution in [2.24, 2.45) is 0 Å². The van der Waals surface area contributed by atoms with E-state index in [1.807, 2.05) is 0 Å². The lowest BCUT2D eigenvalue weighted by atomic mass is 9.84. The van der Waals surface area contributed by atoms with Crippen molar-refractivity contribution in [2.45, 2.75) is 25.7 Å². The van der Waals surface area contributed by atoms with Crippen LogP contribution in [0.1, 0.15) is 31.2 Å². The molecule has 1 aliphatic rings. The van der Waals surface area contributed by atoms with E-state index in [4.69, 9.17) is 0 Å². The normalized spacial score (nSPS) is 13.9. The van der Waals surface area contributed by atoms with Crippen LogP contribution >= 0.6 is 0 Å². The minimum atomic E-state index is 1.19. The summed E-state index contributed by atoms with van der Waals surface area (Å²) in [5, 5.41) is 5.31. The average molecular weight is 411 g/mol. The Balaban J connectivity index is 1.76. The average Bonchev–Trinajstić information content (AvgIpc) is 2.88. The first-order valence-electron chi connectivity index (χ1n) is 11.7. The summed E-state index contributed by atoms with van der Waals surface area (Å²) in [6.07, 6.45) is 7.45. The van der Waals surface area contributed by atoms with Crippen LogP contribution in [0.5, 0.6) is 0 Å². The van der Waals surface area contributed by atoms with Gasteiger partial charge in [0.05, 0.1) is 0 Å². The van der Waals surface area contributed by atoms with Crippen molar-refractivity contribution in [3.8, 4) is 22.3 Å². The van der Waals surface area contributed by atoms with Gasteiger partial charge in [-0.05, 0) is 86.7 Å². The van der Waals surface area contributed by atoms with Crippen molar-refractivity contribution in [3.05, 3.63) is 115 Å². The summed E-state index contributed by atoms with van der Waals surface area (Å²) in [6.45, 7) is 0. The van der Waals surface area contributed by atoms with Gasteiger partial charge in [0.25, 0.3) is 0 Å². The number of fused-ring (bicyclic) bond motifs is 2. The van der Waals surface area contributed by atoms with Crippen LogP contribution in [0.25, 0.3) is 49.4 Å². The fraction of sp³-hybridized carbons (Fsp3) is 0.125. The van der Waals surface area contributed by atoms with Crippen LogP contribution in [0.4, 0.5) is 0 Å². The molecule has 32 heavy (non-hydrogen) atoms. The number of benzene rings is 5. The van der Waals surface area contributed by atoms with Gasteiger partial charge in [0.1, 0.15) is 0 Å². The third-order valence-electron chi connectivity index (χ3n) is 6.81. The first-order valence-corrected chi connectivity index (χ1v) is 11.7. The van der Waals surface area contributed by atoms with Gasteiger partial charge in [0.2, 0.25) is 0 Å². The second kappa shape index (κ2) is 8.13. The molecule has 6 rings (SSSR count). The number of hydrogen-bond donors (Lipinski definition) is 0. The summed E-state index contributed by atoms with van der Waals surface area (Å²) >= 11 is 0. The summed E-state index contributed by atoms with van der Waals surface area (Å²) in [5.74, 6) is 0. The lowest BCUT2D eigenvalue weighted by Crippen LogP contribution is -1.94. The van der Waals surface area contributed by atoms with Crippen molar-refractivity contribution in [2.75, 3.05) is 0 Å². The predicted molar refractivity (Wildman–Crippen MR) is 139 cm³/mol. The summed E-state index contributed by atoms with van der Waals surface area (Å²) < 4.78 is 0. The molecule has 0 saturated heterocycles.